The van der Waals surface area contributed by atoms with Gasteiger partial charge in [-0.1, -0.05) is 11.6 Å². The lowest BCUT2D eigenvalue weighted by Crippen LogP contribution is -2.19. The molecule has 3 nitrogen and oxygen atoms in total. The second-order valence-electron chi connectivity index (χ2n) is 2.97. The summed E-state index contributed by atoms with van der Waals surface area (Å²) >= 11 is 11.8. The molecule has 0 N–H and O–H groups in total. The minimum absolute atomic E-state index is 0.165. The van der Waals surface area contributed by atoms with Gasteiger partial charge in [-0.25, -0.2) is 8.42 Å². The minimum atomic E-state index is -3.48. The third-order valence-corrected chi connectivity index (χ3v) is 5.86. The van der Waals surface area contributed by atoms with Crippen molar-refractivity contribution in [1.82, 2.24) is 0 Å². The van der Waals surface area contributed by atoms with E-state index in [1.807, 2.05) is 0 Å². The van der Waals surface area contributed by atoms with Gasteiger partial charge in [0.2, 0.25) is 5.24 Å². The number of hydrogen-bond donors (Lipinski definition) is 0. The minimum Gasteiger partial charge on any atom is -0.281 e. The topological polar surface area (TPSA) is 51.2 Å². The van der Waals surface area contributed by atoms with E-state index in [-0.39, 0.29) is 10.6 Å². The number of halogens is 2. The second kappa shape index (κ2) is 4.82. The van der Waals surface area contributed by atoms with Crippen LogP contribution in [0.15, 0.2) is 16.3 Å². The summed E-state index contributed by atoms with van der Waals surface area (Å²) in [4.78, 5) is 10.6. The van der Waals surface area contributed by atoms with Crippen LogP contribution in [0.3, 0.4) is 0 Å². The predicted molar refractivity (Wildman–Crippen MR) is 61.5 cm³/mol. The number of thiophene rings is 1. The third-order valence-electron chi connectivity index (χ3n) is 1.81. The second-order valence-corrected chi connectivity index (χ2v) is 7.70. The summed E-state index contributed by atoms with van der Waals surface area (Å²) in [6, 6.07) is 2.94. The molecule has 84 valence electrons. The van der Waals surface area contributed by atoms with Crippen molar-refractivity contribution in [2.75, 3.05) is 0 Å². The van der Waals surface area contributed by atoms with Crippen LogP contribution in [0, 0.1) is 0 Å². The highest BCUT2D eigenvalue weighted by molar-refractivity contribution is 7.94. The van der Waals surface area contributed by atoms with Crippen LogP contribution in [0.4, 0.5) is 0 Å². The van der Waals surface area contributed by atoms with E-state index in [1.165, 1.54) is 19.1 Å². The quantitative estimate of drug-likeness (QED) is 0.800. The third kappa shape index (κ3) is 3.17. The maximum absolute atomic E-state index is 11.8. The van der Waals surface area contributed by atoms with Crippen LogP contribution in [0.1, 0.15) is 13.3 Å². The maximum Gasteiger partial charge on any atom is 0.222 e. The van der Waals surface area contributed by atoms with Crippen molar-refractivity contribution in [2.24, 2.45) is 0 Å². The van der Waals surface area contributed by atoms with Gasteiger partial charge in [-0.2, -0.15) is 0 Å². The predicted octanol–water partition coefficient (Wildman–Crippen LogP) is 2.72. The van der Waals surface area contributed by atoms with Gasteiger partial charge in [-0.05, 0) is 30.7 Å². The molecule has 1 aromatic rings. The molecule has 0 aliphatic heterocycles. The van der Waals surface area contributed by atoms with Crippen LogP contribution in [-0.4, -0.2) is 18.9 Å². The number of sulfone groups is 1. The Hall–Kier alpha value is -0.100. The van der Waals surface area contributed by atoms with Crippen molar-refractivity contribution >= 4 is 49.6 Å². The zero-order valence-corrected chi connectivity index (χ0v) is 10.9. The fraction of sp³-hybridized carbons (Fsp3) is 0.375. The molecule has 1 atom stereocenters. The van der Waals surface area contributed by atoms with E-state index in [0.29, 0.717) is 4.34 Å². The van der Waals surface area contributed by atoms with Gasteiger partial charge in [0.1, 0.15) is 4.21 Å². The average Bonchev–Trinajstić information content (AvgIpc) is 2.50. The number of carbonyl (C=O) groups is 1. The van der Waals surface area contributed by atoms with Crippen LogP contribution in [0.5, 0.6) is 0 Å². The summed E-state index contributed by atoms with van der Waals surface area (Å²) in [7, 11) is -3.48. The molecule has 0 fully saturated rings. The van der Waals surface area contributed by atoms with Crippen molar-refractivity contribution in [3.05, 3.63) is 16.5 Å². The van der Waals surface area contributed by atoms with E-state index < -0.39 is 20.3 Å². The summed E-state index contributed by atoms with van der Waals surface area (Å²) < 4.78 is 24.2. The molecule has 1 rings (SSSR count). The van der Waals surface area contributed by atoms with E-state index in [2.05, 4.69) is 0 Å². The molecule has 0 aliphatic rings. The summed E-state index contributed by atoms with van der Waals surface area (Å²) in [5.74, 6) is 0. The molecule has 0 bridgehead atoms. The Balaban J connectivity index is 2.98. The highest BCUT2D eigenvalue weighted by Gasteiger charge is 2.26. The largest absolute Gasteiger partial charge is 0.281 e. The molecule has 0 saturated carbocycles. The van der Waals surface area contributed by atoms with Crippen LogP contribution >= 0.6 is 34.5 Å². The van der Waals surface area contributed by atoms with Gasteiger partial charge in [0.15, 0.2) is 9.84 Å². The molecule has 0 saturated heterocycles. The first-order chi connectivity index (χ1) is 6.84. The molecule has 1 heterocycles. The van der Waals surface area contributed by atoms with E-state index in [0.717, 1.165) is 11.3 Å². The number of carbonyl (C=O) groups excluding carboxylic acids is 1. The Labute approximate surface area is 102 Å². The lowest BCUT2D eigenvalue weighted by Gasteiger charge is -2.08. The molecule has 0 radical (unpaired) electrons. The number of hydrogen-bond acceptors (Lipinski definition) is 4. The van der Waals surface area contributed by atoms with Crippen LogP contribution < -0.4 is 0 Å². The lowest BCUT2D eigenvalue weighted by atomic mass is 10.4. The fourth-order valence-electron chi connectivity index (χ4n) is 0.985. The summed E-state index contributed by atoms with van der Waals surface area (Å²) in [5, 5.41) is -1.48. The Bertz CT molecular complexity index is 464. The summed E-state index contributed by atoms with van der Waals surface area (Å²) in [6.07, 6.45) is -0.195. The molecule has 0 aromatic carbocycles. The van der Waals surface area contributed by atoms with Crippen molar-refractivity contribution in [1.29, 1.82) is 0 Å². The first-order valence-corrected chi connectivity index (χ1v) is 7.13. The van der Waals surface area contributed by atoms with Crippen molar-refractivity contribution < 1.29 is 13.2 Å². The SMILES string of the molecule is CC(CC(=O)Cl)S(=O)(=O)c1ccc(Cl)s1. The van der Waals surface area contributed by atoms with Gasteiger partial charge in [0.25, 0.3) is 0 Å². The molecule has 0 amide bonds. The van der Waals surface area contributed by atoms with E-state index in [4.69, 9.17) is 23.2 Å². The molecule has 15 heavy (non-hydrogen) atoms. The summed E-state index contributed by atoms with van der Waals surface area (Å²) in [5.41, 5.74) is 0. The van der Waals surface area contributed by atoms with E-state index >= 15 is 0 Å². The van der Waals surface area contributed by atoms with Crippen LogP contribution in [0.25, 0.3) is 0 Å². The molecule has 0 spiro atoms. The molecule has 1 unspecified atom stereocenters. The standard InChI is InChI=1S/C8H8Cl2O3S2/c1-5(4-6(9)11)15(12,13)8-3-2-7(10)14-8/h2-3,5H,4H2,1H3. The van der Waals surface area contributed by atoms with Gasteiger partial charge in [-0.15, -0.1) is 11.3 Å². The highest BCUT2D eigenvalue weighted by atomic mass is 35.5. The van der Waals surface area contributed by atoms with Crippen molar-refractivity contribution in [3.63, 3.8) is 0 Å². The zero-order valence-electron chi connectivity index (χ0n) is 7.74. The molecule has 0 aliphatic carbocycles. The Kier molecular flexibility index (Phi) is 4.17. The van der Waals surface area contributed by atoms with Gasteiger partial charge in [0, 0.05) is 6.42 Å². The highest BCUT2D eigenvalue weighted by Crippen LogP contribution is 2.29. The maximum atomic E-state index is 11.8. The first-order valence-electron chi connectivity index (χ1n) is 4.01. The normalized spacial score (nSPS) is 13.8. The number of rotatable bonds is 4. The van der Waals surface area contributed by atoms with Gasteiger partial charge in [-0.3, -0.25) is 4.79 Å². The van der Waals surface area contributed by atoms with Crippen molar-refractivity contribution in [2.45, 2.75) is 22.8 Å². The van der Waals surface area contributed by atoms with E-state index in [9.17, 15) is 13.2 Å². The average molecular weight is 287 g/mol. The fourth-order valence-corrected chi connectivity index (χ4v) is 4.47. The smallest absolute Gasteiger partial charge is 0.222 e. The first kappa shape index (κ1) is 13.0. The Morgan fingerprint density at radius 1 is 1.53 bits per heavy atom. The molecule has 1 aromatic heterocycles. The van der Waals surface area contributed by atoms with Gasteiger partial charge < -0.3 is 0 Å². The zero-order chi connectivity index (χ0) is 11.6. The summed E-state index contributed by atoms with van der Waals surface area (Å²) in [6.45, 7) is 1.45. The Morgan fingerprint density at radius 2 is 2.13 bits per heavy atom. The molecule has 7 heteroatoms. The van der Waals surface area contributed by atoms with Crippen LogP contribution in [-0.2, 0) is 14.6 Å². The molecular formula is C8H8Cl2O3S2. The van der Waals surface area contributed by atoms with Crippen LogP contribution in [0.2, 0.25) is 4.34 Å². The van der Waals surface area contributed by atoms with Gasteiger partial charge in [0.05, 0.1) is 9.59 Å². The monoisotopic (exact) mass is 286 g/mol. The van der Waals surface area contributed by atoms with Crippen molar-refractivity contribution in [3.8, 4) is 0 Å². The lowest BCUT2D eigenvalue weighted by molar-refractivity contribution is -0.111. The Morgan fingerprint density at radius 3 is 2.53 bits per heavy atom. The molecular weight excluding hydrogens is 279 g/mol. The van der Waals surface area contributed by atoms with Gasteiger partial charge >= 0.3 is 0 Å². The van der Waals surface area contributed by atoms with E-state index in [1.54, 1.807) is 0 Å².